The van der Waals surface area contributed by atoms with Crippen molar-refractivity contribution in [3.05, 3.63) is 125 Å². The van der Waals surface area contributed by atoms with Gasteiger partial charge in [0.15, 0.2) is 0 Å². The van der Waals surface area contributed by atoms with Crippen molar-refractivity contribution < 1.29 is 32.6 Å². The van der Waals surface area contributed by atoms with E-state index >= 15 is 0 Å². The van der Waals surface area contributed by atoms with Crippen LogP contribution < -0.4 is 10.1 Å². The van der Waals surface area contributed by atoms with Crippen LogP contribution in [0.15, 0.2) is 103 Å². The molecule has 0 bridgehead atoms. The number of aliphatic carboxylic acids is 1. The maximum atomic E-state index is 12.5. The highest BCUT2D eigenvalue weighted by Gasteiger charge is 2.31. The quantitative estimate of drug-likeness (QED) is 0.234. The van der Waals surface area contributed by atoms with Gasteiger partial charge in [-0.2, -0.15) is 0 Å². The lowest BCUT2D eigenvalue weighted by Gasteiger charge is -2.20. The van der Waals surface area contributed by atoms with Gasteiger partial charge >= 0.3 is 12.3 Å². The lowest BCUT2D eigenvalue weighted by atomic mass is 9.84. The largest absolute Gasteiger partial charge is 0.573 e. The van der Waals surface area contributed by atoms with Crippen LogP contribution in [0.2, 0.25) is 0 Å². The van der Waals surface area contributed by atoms with Gasteiger partial charge in [0.1, 0.15) is 5.75 Å². The van der Waals surface area contributed by atoms with E-state index in [1.807, 2.05) is 66.7 Å². The van der Waals surface area contributed by atoms with E-state index in [2.05, 4.69) is 10.1 Å². The van der Waals surface area contributed by atoms with E-state index in [0.29, 0.717) is 12.0 Å². The summed E-state index contributed by atoms with van der Waals surface area (Å²) in [6, 6.07) is 30.8. The molecule has 0 aliphatic rings. The zero-order chi connectivity index (χ0) is 27.8. The van der Waals surface area contributed by atoms with Gasteiger partial charge in [0, 0.05) is 18.0 Å². The summed E-state index contributed by atoms with van der Waals surface area (Å²) in [5, 5.41) is 11.3. The Balaban J connectivity index is 1.55. The number of alkyl halides is 3. The Kier molecular flexibility index (Phi) is 8.66. The van der Waals surface area contributed by atoms with Crippen LogP contribution in [0.5, 0.6) is 5.75 Å². The first kappa shape index (κ1) is 27.4. The number of carboxylic acid groups (broad SMARTS) is 1. The molecule has 8 heteroatoms. The summed E-state index contributed by atoms with van der Waals surface area (Å²) in [5.74, 6) is -1.60. The topological polar surface area (TPSA) is 75.6 Å². The van der Waals surface area contributed by atoms with Crippen LogP contribution in [-0.2, 0) is 11.2 Å². The number of hydrogen-bond donors (Lipinski definition) is 2. The minimum Gasteiger partial charge on any atom is -0.481 e. The SMILES string of the molecule is O=C(O)CCNC(=O)c1ccc(C[C@@H](c2ccccc2)c2cccc(-c3ccc(OC(F)(F)F)cc3)c2)cc1. The van der Waals surface area contributed by atoms with Crippen molar-refractivity contribution in [2.24, 2.45) is 0 Å². The van der Waals surface area contributed by atoms with Gasteiger partial charge in [-0.3, -0.25) is 9.59 Å². The number of benzene rings is 4. The molecule has 0 aromatic heterocycles. The Bertz CT molecular complexity index is 1400. The molecule has 200 valence electrons. The summed E-state index contributed by atoms with van der Waals surface area (Å²) < 4.78 is 41.5. The predicted molar refractivity (Wildman–Crippen MR) is 142 cm³/mol. The van der Waals surface area contributed by atoms with Crippen molar-refractivity contribution in [2.45, 2.75) is 25.1 Å². The average molecular weight is 534 g/mol. The van der Waals surface area contributed by atoms with Crippen molar-refractivity contribution in [3.8, 4) is 16.9 Å². The molecule has 1 atom stereocenters. The molecule has 0 radical (unpaired) electrons. The van der Waals surface area contributed by atoms with Crippen LogP contribution in [0.3, 0.4) is 0 Å². The number of amides is 1. The Morgan fingerprint density at radius 2 is 1.46 bits per heavy atom. The molecule has 1 amide bonds. The smallest absolute Gasteiger partial charge is 0.481 e. The molecule has 0 aliphatic carbocycles. The summed E-state index contributed by atoms with van der Waals surface area (Å²) in [6.45, 7) is 0.0560. The molecule has 0 saturated carbocycles. The molecule has 5 nitrogen and oxygen atoms in total. The Hall–Kier alpha value is -4.59. The van der Waals surface area contributed by atoms with Crippen LogP contribution in [0.1, 0.15) is 39.4 Å². The van der Waals surface area contributed by atoms with Gasteiger partial charge in [-0.05, 0) is 58.5 Å². The minimum absolute atomic E-state index is 0.0192. The highest BCUT2D eigenvalue weighted by molar-refractivity contribution is 5.94. The van der Waals surface area contributed by atoms with Crippen LogP contribution in [0.4, 0.5) is 13.2 Å². The van der Waals surface area contributed by atoms with Gasteiger partial charge in [-0.25, -0.2) is 0 Å². The first-order valence-electron chi connectivity index (χ1n) is 12.3. The zero-order valence-electron chi connectivity index (χ0n) is 20.8. The fourth-order valence-corrected chi connectivity index (χ4v) is 4.31. The standard InChI is InChI=1S/C31H26F3NO4/c32-31(33,34)39-27-15-13-22(14-16-27)25-7-4-8-26(20-25)28(23-5-2-1-3-6-23)19-21-9-11-24(12-10-21)30(38)35-18-17-29(36)37/h1-16,20,28H,17-19H2,(H,35,38)(H,36,37)/t28-/m0/s1. The van der Waals surface area contributed by atoms with E-state index in [9.17, 15) is 22.8 Å². The molecule has 39 heavy (non-hydrogen) atoms. The van der Waals surface area contributed by atoms with E-state index in [1.165, 1.54) is 12.1 Å². The number of ether oxygens (including phenoxy) is 1. The van der Waals surface area contributed by atoms with E-state index < -0.39 is 12.3 Å². The number of rotatable bonds is 10. The molecule has 4 aromatic rings. The molecule has 4 aromatic carbocycles. The maximum Gasteiger partial charge on any atom is 0.573 e. The van der Waals surface area contributed by atoms with E-state index in [1.54, 1.807) is 24.3 Å². The number of nitrogens with one attached hydrogen (secondary N) is 1. The van der Waals surface area contributed by atoms with Crippen LogP contribution in [0, 0.1) is 0 Å². The Labute approximate surface area is 223 Å². The number of hydrogen-bond acceptors (Lipinski definition) is 3. The molecule has 0 unspecified atom stereocenters. The highest BCUT2D eigenvalue weighted by atomic mass is 19.4. The number of carbonyl (C=O) groups is 2. The third-order valence-electron chi connectivity index (χ3n) is 6.19. The molecule has 4 rings (SSSR count). The zero-order valence-corrected chi connectivity index (χ0v) is 20.8. The van der Waals surface area contributed by atoms with Gasteiger partial charge < -0.3 is 15.2 Å². The summed E-state index contributed by atoms with van der Waals surface area (Å²) >= 11 is 0. The lowest BCUT2D eigenvalue weighted by molar-refractivity contribution is -0.274. The number of carboxylic acids is 1. The van der Waals surface area contributed by atoms with Crippen molar-refractivity contribution in [1.29, 1.82) is 0 Å². The third-order valence-corrected chi connectivity index (χ3v) is 6.19. The Morgan fingerprint density at radius 3 is 2.10 bits per heavy atom. The second-order valence-electron chi connectivity index (χ2n) is 8.96. The highest BCUT2D eigenvalue weighted by Crippen LogP contribution is 2.32. The first-order chi connectivity index (χ1) is 18.7. The number of halogens is 3. The lowest BCUT2D eigenvalue weighted by Crippen LogP contribution is -2.25. The molecule has 0 spiro atoms. The molecule has 2 N–H and O–H groups in total. The Morgan fingerprint density at radius 1 is 0.795 bits per heavy atom. The molecular weight excluding hydrogens is 507 g/mol. The van der Waals surface area contributed by atoms with Gasteiger partial charge in [0.2, 0.25) is 0 Å². The van der Waals surface area contributed by atoms with Crippen LogP contribution >= 0.6 is 0 Å². The second-order valence-corrected chi connectivity index (χ2v) is 8.96. The molecule has 0 fully saturated rings. The molecular formula is C31H26F3NO4. The summed E-state index contributed by atoms with van der Waals surface area (Å²) in [6.07, 6.45) is -4.24. The van der Waals surface area contributed by atoms with Crippen molar-refractivity contribution in [1.82, 2.24) is 5.32 Å². The normalized spacial score (nSPS) is 12.0. The molecule has 0 aliphatic heterocycles. The van der Waals surface area contributed by atoms with Crippen molar-refractivity contribution >= 4 is 11.9 Å². The first-order valence-corrected chi connectivity index (χ1v) is 12.3. The average Bonchev–Trinajstić information content (AvgIpc) is 2.92. The number of carbonyl (C=O) groups excluding carboxylic acids is 1. The molecule has 0 heterocycles. The van der Waals surface area contributed by atoms with Gasteiger partial charge in [0.25, 0.3) is 5.91 Å². The second kappa shape index (κ2) is 12.3. The minimum atomic E-state index is -4.74. The predicted octanol–water partition coefficient (Wildman–Crippen LogP) is 6.83. The van der Waals surface area contributed by atoms with Crippen molar-refractivity contribution in [2.75, 3.05) is 6.54 Å². The molecule has 0 saturated heterocycles. The fraction of sp³-hybridized carbons (Fsp3) is 0.161. The van der Waals surface area contributed by atoms with Crippen LogP contribution in [-0.4, -0.2) is 29.9 Å². The fourth-order valence-electron chi connectivity index (χ4n) is 4.31. The van der Waals surface area contributed by atoms with E-state index in [0.717, 1.165) is 27.8 Å². The van der Waals surface area contributed by atoms with E-state index in [-0.39, 0.29) is 30.5 Å². The van der Waals surface area contributed by atoms with Crippen molar-refractivity contribution in [3.63, 3.8) is 0 Å². The van der Waals surface area contributed by atoms with Gasteiger partial charge in [-0.15, -0.1) is 13.2 Å². The summed E-state index contributed by atoms with van der Waals surface area (Å²) in [5.41, 5.74) is 5.20. The van der Waals surface area contributed by atoms with Gasteiger partial charge in [-0.1, -0.05) is 78.9 Å². The third kappa shape index (κ3) is 7.95. The summed E-state index contributed by atoms with van der Waals surface area (Å²) in [4.78, 5) is 23.0. The maximum absolute atomic E-state index is 12.5. The van der Waals surface area contributed by atoms with Crippen LogP contribution in [0.25, 0.3) is 11.1 Å². The van der Waals surface area contributed by atoms with E-state index in [4.69, 9.17) is 5.11 Å². The van der Waals surface area contributed by atoms with Gasteiger partial charge in [0.05, 0.1) is 6.42 Å². The summed E-state index contributed by atoms with van der Waals surface area (Å²) in [7, 11) is 0. The monoisotopic (exact) mass is 533 g/mol.